The molecular weight excluding hydrogens is 515 g/mol. The SMILES string of the molecule is O=C(CCNc1n[n+]([O-])c2cc(OC(F)(F)F)ccc2[n+]1[O-])OC1=CN(C(=O)OCc2ccccc2)CC1. The predicted octanol–water partition coefficient (Wildman–Crippen LogP) is 2.63. The van der Waals surface area contributed by atoms with Crippen LogP contribution in [0, 0.1) is 10.4 Å². The van der Waals surface area contributed by atoms with Gasteiger partial charge in [0.1, 0.15) is 18.1 Å². The Hall–Kier alpha value is -4.82. The zero-order chi connectivity index (χ0) is 27.3. The number of hydrogen-bond acceptors (Lipinski definition) is 9. The predicted molar refractivity (Wildman–Crippen MR) is 122 cm³/mol. The number of nitrogens with zero attached hydrogens (tertiary/aromatic N) is 4. The molecule has 38 heavy (non-hydrogen) atoms. The van der Waals surface area contributed by atoms with Crippen LogP contribution in [0.25, 0.3) is 11.0 Å². The molecule has 1 aromatic heterocycles. The fourth-order valence-electron chi connectivity index (χ4n) is 3.46. The maximum atomic E-state index is 12.5. The Labute approximate surface area is 212 Å². The summed E-state index contributed by atoms with van der Waals surface area (Å²) in [7, 11) is 0. The van der Waals surface area contributed by atoms with Crippen LogP contribution >= 0.6 is 0 Å². The quantitative estimate of drug-likeness (QED) is 0.261. The van der Waals surface area contributed by atoms with E-state index in [-0.39, 0.29) is 47.0 Å². The molecule has 12 nitrogen and oxygen atoms in total. The number of halogens is 3. The fraction of sp³-hybridized carbons (Fsp3) is 0.261. The molecule has 0 atom stereocenters. The van der Waals surface area contributed by atoms with Crippen molar-refractivity contribution in [2.75, 3.05) is 18.4 Å². The summed E-state index contributed by atoms with van der Waals surface area (Å²) in [4.78, 5) is 25.6. The summed E-state index contributed by atoms with van der Waals surface area (Å²) in [5.74, 6) is -1.59. The first-order valence-electron chi connectivity index (χ1n) is 11.1. The van der Waals surface area contributed by atoms with Crippen LogP contribution in [0.2, 0.25) is 0 Å². The van der Waals surface area contributed by atoms with Gasteiger partial charge in [-0.1, -0.05) is 30.3 Å². The molecule has 0 spiro atoms. The smallest absolute Gasteiger partial charge is 0.573 e. The first kappa shape index (κ1) is 26.2. The lowest BCUT2D eigenvalue weighted by Crippen LogP contribution is -2.44. The summed E-state index contributed by atoms with van der Waals surface area (Å²) in [5.41, 5.74) is 0.0999. The van der Waals surface area contributed by atoms with Gasteiger partial charge in [0.2, 0.25) is 5.10 Å². The number of carbonyl (C=O) groups is 2. The van der Waals surface area contributed by atoms with E-state index in [2.05, 4.69) is 15.2 Å². The van der Waals surface area contributed by atoms with E-state index in [1.807, 2.05) is 30.3 Å². The van der Waals surface area contributed by atoms with Crippen molar-refractivity contribution in [3.63, 3.8) is 0 Å². The summed E-state index contributed by atoms with van der Waals surface area (Å²) >= 11 is 0. The summed E-state index contributed by atoms with van der Waals surface area (Å²) in [6, 6.07) is 11.7. The van der Waals surface area contributed by atoms with Crippen LogP contribution in [0.1, 0.15) is 18.4 Å². The number of alkyl halides is 3. The number of nitrogens with one attached hydrogen (secondary N) is 1. The molecule has 0 saturated heterocycles. The summed E-state index contributed by atoms with van der Waals surface area (Å²) in [5, 5.41) is 30.6. The normalized spacial score (nSPS) is 13.2. The number of hydrogen-bond donors (Lipinski definition) is 1. The second-order valence-electron chi connectivity index (χ2n) is 7.92. The summed E-state index contributed by atoms with van der Waals surface area (Å²) in [6.07, 6.45) is -4.13. The average Bonchev–Trinajstić information content (AvgIpc) is 3.33. The zero-order valence-electron chi connectivity index (χ0n) is 19.5. The minimum absolute atomic E-state index is 0.0393. The van der Waals surface area contributed by atoms with Crippen LogP contribution in [-0.4, -0.2) is 41.5 Å². The monoisotopic (exact) mass is 535 g/mol. The number of carbonyl (C=O) groups excluding carboxylic acids is 2. The second-order valence-corrected chi connectivity index (χ2v) is 7.92. The molecule has 2 aromatic carbocycles. The molecule has 0 saturated carbocycles. The molecule has 1 aliphatic heterocycles. The molecule has 1 aliphatic rings. The first-order valence-corrected chi connectivity index (χ1v) is 11.1. The van der Waals surface area contributed by atoms with Crippen molar-refractivity contribution in [3.8, 4) is 5.75 Å². The van der Waals surface area contributed by atoms with E-state index in [0.717, 1.165) is 23.8 Å². The van der Waals surface area contributed by atoms with Crippen molar-refractivity contribution in [3.05, 3.63) is 76.5 Å². The van der Waals surface area contributed by atoms with Gasteiger partial charge in [0.05, 0.1) is 19.0 Å². The average molecular weight is 535 g/mol. The molecule has 2 heterocycles. The third kappa shape index (κ3) is 6.68. The Bertz CT molecular complexity index is 1370. The van der Waals surface area contributed by atoms with E-state index >= 15 is 0 Å². The molecule has 0 bridgehead atoms. The molecule has 0 fully saturated rings. The molecule has 15 heteroatoms. The standard InChI is InChI=1S/C23H20F3N5O7/c24-23(25,26)38-16-6-7-18-19(12-16)31(35)28-21(30(18)34)27-10-8-20(32)37-17-9-11-29(13-17)22(33)36-14-15-4-2-1-3-5-15/h1-7,12-13H,8-11,14H2,(H,27,28). The van der Waals surface area contributed by atoms with E-state index in [4.69, 9.17) is 9.47 Å². The van der Waals surface area contributed by atoms with Crippen LogP contribution in [-0.2, 0) is 20.9 Å². The van der Waals surface area contributed by atoms with Gasteiger partial charge >= 0.3 is 29.9 Å². The number of aromatic nitrogens is 3. The number of rotatable bonds is 8. The van der Waals surface area contributed by atoms with Gasteiger partial charge in [-0.25, -0.2) is 9.52 Å². The largest absolute Gasteiger partial charge is 0.739 e. The summed E-state index contributed by atoms with van der Waals surface area (Å²) < 4.78 is 51.6. The fourth-order valence-corrected chi connectivity index (χ4v) is 3.46. The lowest BCUT2D eigenvalue weighted by molar-refractivity contribution is -0.672. The highest BCUT2D eigenvalue weighted by Crippen LogP contribution is 2.24. The number of amides is 1. The Kier molecular flexibility index (Phi) is 7.64. The van der Waals surface area contributed by atoms with Crippen molar-refractivity contribution < 1.29 is 46.5 Å². The van der Waals surface area contributed by atoms with Crippen molar-refractivity contribution in [2.24, 2.45) is 0 Å². The van der Waals surface area contributed by atoms with Gasteiger partial charge < -0.3 is 24.6 Å². The molecule has 0 unspecified atom stereocenters. The Morgan fingerprint density at radius 1 is 1.11 bits per heavy atom. The second kappa shape index (κ2) is 11.1. The van der Waals surface area contributed by atoms with Crippen molar-refractivity contribution >= 4 is 29.0 Å². The molecule has 0 radical (unpaired) electrons. The molecule has 200 valence electrons. The van der Waals surface area contributed by atoms with Gasteiger partial charge in [0.15, 0.2) is 5.52 Å². The minimum Gasteiger partial charge on any atom is -0.739 e. The van der Waals surface area contributed by atoms with Gasteiger partial charge in [-0.3, -0.25) is 15.0 Å². The van der Waals surface area contributed by atoms with Crippen molar-refractivity contribution in [2.45, 2.75) is 25.8 Å². The third-order valence-corrected chi connectivity index (χ3v) is 5.18. The van der Waals surface area contributed by atoms with E-state index in [1.54, 1.807) is 0 Å². The molecule has 0 aliphatic carbocycles. The topological polar surface area (TPSA) is 144 Å². The molecule has 3 aromatic rings. The maximum absolute atomic E-state index is 12.5. The van der Waals surface area contributed by atoms with Crippen molar-refractivity contribution in [1.82, 2.24) is 10.00 Å². The van der Waals surface area contributed by atoms with Crippen LogP contribution in [0.3, 0.4) is 0 Å². The van der Waals surface area contributed by atoms with E-state index in [9.17, 15) is 33.2 Å². The van der Waals surface area contributed by atoms with E-state index < -0.39 is 35.6 Å². The van der Waals surface area contributed by atoms with Crippen LogP contribution in [0.4, 0.5) is 23.9 Å². The lowest BCUT2D eigenvalue weighted by atomic mass is 10.2. The van der Waals surface area contributed by atoms with Gasteiger partial charge in [-0.05, 0) is 17.7 Å². The number of esters is 1. The number of ether oxygens (including phenoxy) is 3. The first-order chi connectivity index (χ1) is 18.1. The molecular formula is C23H20F3N5O7. The Balaban J connectivity index is 1.28. The summed E-state index contributed by atoms with van der Waals surface area (Å²) in [6.45, 7) is 0.217. The van der Waals surface area contributed by atoms with Crippen LogP contribution < -0.4 is 19.6 Å². The van der Waals surface area contributed by atoms with Gasteiger partial charge in [0, 0.05) is 24.0 Å². The highest BCUT2D eigenvalue weighted by molar-refractivity contribution is 5.73. The van der Waals surface area contributed by atoms with Crippen LogP contribution in [0.5, 0.6) is 5.75 Å². The highest BCUT2D eigenvalue weighted by Gasteiger charge is 2.32. The third-order valence-electron chi connectivity index (χ3n) is 5.18. The van der Waals surface area contributed by atoms with Gasteiger partial charge in [-0.15, -0.1) is 13.2 Å². The minimum atomic E-state index is -4.98. The van der Waals surface area contributed by atoms with Gasteiger partial charge in [-0.2, -0.15) is 0 Å². The van der Waals surface area contributed by atoms with Crippen LogP contribution in [0.15, 0.2) is 60.5 Å². The zero-order valence-corrected chi connectivity index (χ0v) is 19.5. The Morgan fingerprint density at radius 3 is 2.61 bits per heavy atom. The number of anilines is 1. The molecule has 1 N–H and O–H groups in total. The van der Waals surface area contributed by atoms with E-state index in [1.165, 1.54) is 11.1 Å². The highest BCUT2D eigenvalue weighted by atomic mass is 19.4. The Morgan fingerprint density at radius 2 is 1.87 bits per heavy atom. The van der Waals surface area contributed by atoms with Crippen molar-refractivity contribution in [1.29, 1.82) is 0 Å². The molecule has 1 amide bonds. The number of fused-ring (bicyclic) bond motifs is 1. The van der Waals surface area contributed by atoms with E-state index in [0.29, 0.717) is 6.42 Å². The van der Waals surface area contributed by atoms with Gasteiger partial charge in [0.25, 0.3) is 0 Å². The molecule has 4 rings (SSSR count). The number of benzene rings is 2. The lowest BCUT2D eigenvalue weighted by Gasteiger charge is -2.12. The maximum Gasteiger partial charge on any atom is 0.573 e.